The number of hydrogen-bond donors (Lipinski definition) is 1. The molecular weight excluding hydrogens is 359 g/mol. The van der Waals surface area contributed by atoms with E-state index in [4.69, 9.17) is 16.3 Å². The Kier molecular flexibility index (Phi) is 4.33. The standard InChI is InChI=1S/C15H12ClFN2O4S/c16-10-3-4-14(12(17)8-10)24(21,22)19-6-5-11(9-19)18-15(20)13-2-1-7-23-13/h1,3-9,13H,2H2,(H,18,20). The molecule has 0 radical (unpaired) electrons. The summed E-state index contributed by atoms with van der Waals surface area (Å²) in [5, 5.41) is 2.64. The van der Waals surface area contributed by atoms with Crippen LogP contribution >= 0.6 is 11.6 Å². The van der Waals surface area contributed by atoms with Crippen molar-refractivity contribution in [2.75, 3.05) is 5.32 Å². The van der Waals surface area contributed by atoms with E-state index in [0.29, 0.717) is 6.42 Å². The van der Waals surface area contributed by atoms with Gasteiger partial charge in [-0.25, -0.2) is 16.8 Å². The van der Waals surface area contributed by atoms with E-state index < -0.39 is 32.7 Å². The van der Waals surface area contributed by atoms with Gasteiger partial charge >= 0.3 is 0 Å². The number of nitrogens with one attached hydrogen (secondary N) is 1. The summed E-state index contributed by atoms with van der Waals surface area (Å²) in [6.07, 6.45) is 5.35. The molecule has 1 aromatic carbocycles. The summed E-state index contributed by atoms with van der Waals surface area (Å²) in [4.78, 5) is 11.4. The fraction of sp³-hybridized carbons (Fsp3) is 0.133. The van der Waals surface area contributed by atoms with Crippen molar-refractivity contribution in [2.24, 2.45) is 0 Å². The van der Waals surface area contributed by atoms with E-state index in [9.17, 15) is 17.6 Å². The number of benzene rings is 1. The Morgan fingerprint density at radius 2 is 2.17 bits per heavy atom. The molecule has 1 aliphatic heterocycles. The Morgan fingerprint density at radius 1 is 1.38 bits per heavy atom. The SMILES string of the molecule is O=C(Nc1ccn(S(=O)(=O)c2ccc(Cl)cc2F)c1)C1CC=CO1. The van der Waals surface area contributed by atoms with Crippen LogP contribution in [-0.4, -0.2) is 24.4 Å². The highest BCUT2D eigenvalue weighted by atomic mass is 35.5. The summed E-state index contributed by atoms with van der Waals surface area (Å²) in [5.74, 6) is -1.35. The molecule has 126 valence electrons. The number of nitrogens with zero attached hydrogens (tertiary/aromatic N) is 1. The van der Waals surface area contributed by atoms with E-state index >= 15 is 0 Å². The first-order valence-electron chi connectivity index (χ1n) is 6.88. The summed E-state index contributed by atoms with van der Waals surface area (Å²) in [6.45, 7) is 0. The molecule has 0 fully saturated rings. The van der Waals surface area contributed by atoms with Gasteiger partial charge in [-0.05, 0) is 30.3 Å². The van der Waals surface area contributed by atoms with Crippen LogP contribution in [0.25, 0.3) is 0 Å². The molecule has 1 N–H and O–H groups in total. The highest BCUT2D eigenvalue weighted by Gasteiger charge is 2.24. The van der Waals surface area contributed by atoms with Crippen LogP contribution in [0, 0.1) is 5.82 Å². The molecular formula is C15H12ClFN2O4S. The molecule has 1 unspecified atom stereocenters. The average Bonchev–Trinajstić information content (AvgIpc) is 3.18. The lowest BCUT2D eigenvalue weighted by Gasteiger charge is -2.10. The van der Waals surface area contributed by atoms with Gasteiger partial charge in [-0.15, -0.1) is 0 Å². The molecule has 0 aliphatic carbocycles. The molecule has 0 bridgehead atoms. The summed E-state index contributed by atoms with van der Waals surface area (Å²) in [6, 6.07) is 4.69. The van der Waals surface area contributed by atoms with Gasteiger partial charge in [0.05, 0.1) is 11.9 Å². The molecule has 3 rings (SSSR count). The van der Waals surface area contributed by atoms with Crippen molar-refractivity contribution < 1.29 is 22.3 Å². The van der Waals surface area contributed by atoms with Gasteiger partial charge in [-0.2, -0.15) is 0 Å². The summed E-state index contributed by atoms with van der Waals surface area (Å²) in [5.41, 5.74) is 0.258. The number of ether oxygens (including phenoxy) is 1. The third-order valence-electron chi connectivity index (χ3n) is 3.37. The molecule has 1 amide bonds. The smallest absolute Gasteiger partial charge is 0.270 e. The van der Waals surface area contributed by atoms with Crippen LogP contribution < -0.4 is 5.32 Å². The zero-order valence-electron chi connectivity index (χ0n) is 12.1. The number of rotatable bonds is 4. The Balaban J connectivity index is 1.82. The minimum absolute atomic E-state index is 0.0945. The highest BCUT2D eigenvalue weighted by molar-refractivity contribution is 7.90. The maximum absolute atomic E-state index is 13.9. The topological polar surface area (TPSA) is 77.4 Å². The second kappa shape index (κ2) is 6.29. The Hall–Kier alpha value is -2.32. The highest BCUT2D eigenvalue weighted by Crippen LogP contribution is 2.23. The molecule has 0 spiro atoms. The third kappa shape index (κ3) is 3.15. The normalized spacial score (nSPS) is 16.8. The first-order chi connectivity index (χ1) is 11.4. The van der Waals surface area contributed by atoms with E-state index in [2.05, 4.69) is 5.32 Å². The van der Waals surface area contributed by atoms with Crippen LogP contribution in [-0.2, 0) is 19.6 Å². The lowest BCUT2D eigenvalue weighted by atomic mass is 10.2. The summed E-state index contributed by atoms with van der Waals surface area (Å²) >= 11 is 5.63. The number of aromatic nitrogens is 1. The van der Waals surface area contributed by atoms with Crippen molar-refractivity contribution >= 4 is 33.2 Å². The summed E-state index contributed by atoms with van der Waals surface area (Å²) < 4.78 is 44.7. The minimum Gasteiger partial charge on any atom is -0.488 e. The van der Waals surface area contributed by atoms with Gasteiger partial charge in [-0.3, -0.25) is 4.79 Å². The van der Waals surface area contributed by atoms with Crippen LogP contribution in [0.1, 0.15) is 6.42 Å². The molecule has 9 heteroatoms. The zero-order valence-corrected chi connectivity index (χ0v) is 13.7. The number of halogens is 2. The quantitative estimate of drug-likeness (QED) is 0.897. The monoisotopic (exact) mass is 370 g/mol. The largest absolute Gasteiger partial charge is 0.488 e. The van der Waals surface area contributed by atoms with Gasteiger partial charge in [0.1, 0.15) is 10.7 Å². The maximum Gasteiger partial charge on any atom is 0.270 e. The molecule has 0 saturated heterocycles. The van der Waals surface area contributed by atoms with Crippen LogP contribution in [0.5, 0.6) is 0 Å². The van der Waals surface area contributed by atoms with Crippen LogP contribution in [0.15, 0.2) is 53.9 Å². The van der Waals surface area contributed by atoms with Gasteiger partial charge in [0, 0.05) is 23.8 Å². The number of anilines is 1. The van der Waals surface area contributed by atoms with Gasteiger partial charge in [0.2, 0.25) is 0 Å². The molecule has 1 atom stereocenters. The first-order valence-corrected chi connectivity index (χ1v) is 8.70. The lowest BCUT2D eigenvalue weighted by molar-refractivity contribution is -0.123. The number of carbonyl (C=O) groups excluding carboxylic acids is 1. The van der Waals surface area contributed by atoms with Crippen molar-refractivity contribution in [1.29, 1.82) is 0 Å². The van der Waals surface area contributed by atoms with E-state index in [-0.39, 0.29) is 10.7 Å². The van der Waals surface area contributed by atoms with Gasteiger partial charge in [-0.1, -0.05) is 11.6 Å². The van der Waals surface area contributed by atoms with Crippen molar-refractivity contribution in [3.63, 3.8) is 0 Å². The van der Waals surface area contributed by atoms with Crippen molar-refractivity contribution in [2.45, 2.75) is 17.4 Å². The number of carbonyl (C=O) groups is 1. The first kappa shape index (κ1) is 16.5. The van der Waals surface area contributed by atoms with Crippen molar-refractivity contribution in [3.8, 4) is 0 Å². The molecule has 2 heterocycles. The molecule has 1 aromatic heterocycles. The van der Waals surface area contributed by atoms with E-state index in [0.717, 1.165) is 16.1 Å². The molecule has 6 nitrogen and oxygen atoms in total. The lowest BCUT2D eigenvalue weighted by Crippen LogP contribution is -2.26. The Labute approximate surface area is 142 Å². The van der Waals surface area contributed by atoms with Crippen LogP contribution in [0.2, 0.25) is 5.02 Å². The predicted octanol–water partition coefficient (Wildman–Crippen LogP) is 2.76. The van der Waals surface area contributed by atoms with Crippen LogP contribution in [0.4, 0.5) is 10.1 Å². The van der Waals surface area contributed by atoms with E-state index in [1.165, 1.54) is 30.8 Å². The Bertz CT molecular complexity index is 915. The average molecular weight is 371 g/mol. The van der Waals surface area contributed by atoms with Crippen LogP contribution in [0.3, 0.4) is 0 Å². The van der Waals surface area contributed by atoms with Crippen molar-refractivity contribution in [3.05, 3.63) is 59.8 Å². The molecule has 1 aliphatic rings. The molecule has 2 aromatic rings. The van der Waals surface area contributed by atoms with Gasteiger partial charge in [0.25, 0.3) is 15.9 Å². The number of amides is 1. The van der Waals surface area contributed by atoms with E-state index in [1.807, 2.05) is 0 Å². The summed E-state index contributed by atoms with van der Waals surface area (Å²) in [7, 11) is -4.13. The fourth-order valence-corrected chi connectivity index (χ4v) is 3.58. The van der Waals surface area contributed by atoms with Gasteiger partial charge < -0.3 is 10.1 Å². The van der Waals surface area contributed by atoms with Gasteiger partial charge in [0.15, 0.2) is 6.10 Å². The third-order valence-corrected chi connectivity index (χ3v) is 5.27. The number of hydrogen-bond acceptors (Lipinski definition) is 4. The zero-order chi connectivity index (χ0) is 17.3. The maximum atomic E-state index is 13.9. The second-order valence-electron chi connectivity index (χ2n) is 5.03. The second-order valence-corrected chi connectivity index (χ2v) is 7.28. The molecule has 24 heavy (non-hydrogen) atoms. The fourth-order valence-electron chi connectivity index (χ4n) is 2.18. The van der Waals surface area contributed by atoms with Crippen molar-refractivity contribution in [1.82, 2.24) is 3.97 Å². The molecule has 0 saturated carbocycles. The predicted molar refractivity (Wildman–Crippen MR) is 85.7 cm³/mol. The minimum atomic E-state index is -4.13. The van der Waals surface area contributed by atoms with E-state index in [1.54, 1.807) is 6.08 Å². The Morgan fingerprint density at radius 3 is 2.83 bits per heavy atom.